The molecule has 0 atom stereocenters. The number of guanidine groups is 1. The van der Waals surface area contributed by atoms with Gasteiger partial charge in [0.15, 0.2) is 5.96 Å². The predicted molar refractivity (Wildman–Crippen MR) is 106 cm³/mol. The molecule has 0 saturated heterocycles. The van der Waals surface area contributed by atoms with Crippen molar-refractivity contribution < 1.29 is 9.53 Å². The van der Waals surface area contributed by atoms with E-state index >= 15 is 0 Å². The minimum atomic E-state index is -0.103. The van der Waals surface area contributed by atoms with Gasteiger partial charge in [0.2, 0.25) is 5.91 Å². The lowest BCUT2D eigenvalue weighted by molar-refractivity contribution is -0.114. The van der Waals surface area contributed by atoms with Gasteiger partial charge in [-0.1, -0.05) is 36.4 Å². The largest absolute Gasteiger partial charge is 0.492 e. The number of nitrogens with zero attached hydrogens (tertiary/aromatic N) is 1. The molecule has 2 rings (SSSR count). The Bertz CT molecular complexity index is 717. The van der Waals surface area contributed by atoms with Crippen LogP contribution < -0.4 is 20.7 Å². The van der Waals surface area contributed by atoms with Crippen molar-refractivity contribution in [2.45, 2.75) is 13.3 Å². The van der Waals surface area contributed by atoms with E-state index < -0.39 is 0 Å². The topological polar surface area (TPSA) is 74.8 Å². The predicted octanol–water partition coefficient (Wildman–Crippen LogP) is 2.43. The fourth-order valence-electron chi connectivity index (χ4n) is 2.40. The highest BCUT2D eigenvalue weighted by molar-refractivity contribution is 5.88. The second-order valence-corrected chi connectivity index (χ2v) is 5.72. The molecule has 0 unspecified atom stereocenters. The first kappa shape index (κ1) is 19.3. The van der Waals surface area contributed by atoms with E-state index in [4.69, 9.17) is 4.74 Å². The van der Waals surface area contributed by atoms with E-state index in [-0.39, 0.29) is 5.91 Å². The molecule has 0 saturated carbocycles. The standard InChI is InChI=1S/C20H26N4O2/c1-16(25)24-18-9-6-10-19(15-18)26-14-13-23-20(21-2)22-12-11-17-7-4-3-5-8-17/h3-10,15H,11-14H2,1-2H3,(H,24,25)(H2,21,22,23). The molecular formula is C20H26N4O2. The summed E-state index contributed by atoms with van der Waals surface area (Å²) in [4.78, 5) is 15.3. The number of hydrogen-bond acceptors (Lipinski definition) is 3. The van der Waals surface area contributed by atoms with E-state index in [1.54, 1.807) is 13.1 Å². The summed E-state index contributed by atoms with van der Waals surface area (Å²) in [6.07, 6.45) is 0.938. The lowest BCUT2D eigenvalue weighted by Gasteiger charge is -2.13. The number of carbonyl (C=O) groups excluding carboxylic acids is 1. The van der Waals surface area contributed by atoms with Gasteiger partial charge in [0, 0.05) is 32.3 Å². The lowest BCUT2D eigenvalue weighted by atomic mass is 10.1. The molecule has 0 bridgehead atoms. The van der Waals surface area contributed by atoms with Crippen molar-refractivity contribution in [2.24, 2.45) is 4.99 Å². The van der Waals surface area contributed by atoms with Gasteiger partial charge in [0.1, 0.15) is 12.4 Å². The van der Waals surface area contributed by atoms with Crippen LogP contribution in [0.4, 0.5) is 5.69 Å². The summed E-state index contributed by atoms with van der Waals surface area (Å²) in [7, 11) is 1.75. The Hall–Kier alpha value is -3.02. The third-order valence-electron chi connectivity index (χ3n) is 3.59. The molecule has 3 N–H and O–H groups in total. The molecule has 26 heavy (non-hydrogen) atoms. The second-order valence-electron chi connectivity index (χ2n) is 5.72. The van der Waals surface area contributed by atoms with E-state index in [0.717, 1.165) is 24.6 Å². The first-order chi connectivity index (χ1) is 12.7. The molecular weight excluding hydrogens is 328 g/mol. The maximum absolute atomic E-state index is 11.1. The summed E-state index contributed by atoms with van der Waals surface area (Å²) < 4.78 is 5.70. The molecule has 0 radical (unpaired) electrons. The fourth-order valence-corrected chi connectivity index (χ4v) is 2.40. The smallest absolute Gasteiger partial charge is 0.221 e. The third kappa shape index (κ3) is 7.25. The summed E-state index contributed by atoms with van der Waals surface area (Å²) >= 11 is 0. The van der Waals surface area contributed by atoms with Crippen LogP contribution in [0.15, 0.2) is 59.6 Å². The SMILES string of the molecule is CN=C(NCCOc1cccc(NC(C)=O)c1)NCCc1ccccc1. The van der Waals surface area contributed by atoms with Gasteiger partial charge in [-0.2, -0.15) is 0 Å². The Morgan fingerprint density at radius 1 is 1.04 bits per heavy atom. The highest BCUT2D eigenvalue weighted by atomic mass is 16.5. The number of rotatable bonds is 8. The minimum absolute atomic E-state index is 0.103. The first-order valence-electron chi connectivity index (χ1n) is 8.66. The molecule has 0 aliphatic rings. The molecule has 0 fully saturated rings. The van der Waals surface area contributed by atoms with Gasteiger partial charge in [-0.25, -0.2) is 0 Å². The minimum Gasteiger partial charge on any atom is -0.492 e. The van der Waals surface area contributed by atoms with Crippen LogP contribution in [0.2, 0.25) is 0 Å². The second kappa shape index (κ2) is 10.8. The Labute approximate surface area is 154 Å². The van der Waals surface area contributed by atoms with Crippen molar-refractivity contribution in [2.75, 3.05) is 32.1 Å². The summed E-state index contributed by atoms with van der Waals surface area (Å²) in [6, 6.07) is 17.7. The number of aliphatic imine (C=N–C) groups is 1. The highest BCUT2D eigenvalue weighted by Gasteiger charge is 2.00. The zero-order valence-electron chi connectivity index (χ0n) is 15.3. The Balaban J connectivity index is 1.67. The van der Waals surface area contributed by atoms with Crippen LogP contribution >= 0.6 is 0 Å². The van der Waals surface area contributed by atoms with Crippen LogP contribution in [0.1, 0.15) is 12.5 Å². The van der Waals surface area contributed by atoms with Crippen molar-refractivity contribution in [3.8, 4) is 5.75 Å². The van der Waals surface area contributed by atoms with Crippen molar-refractivity contribution in [1.29, 1.82) is 0 Å². The van der Waals surface area contributed by atoms with Gasteiger partial charge in [0.25, 0.3) is 0 Å². The van der Waals surface area contributed by atoms with Crippen LogP contribution in [0.5, 0.6) is 5.75 Å². The summed E-state index contributed by atoms with van der Waals surface area (Å²) in [5.74, 6) is 1.36. The summed E-state index contributed by atoms with van der Waals surface area (Å²) in [6.45, 7) is 3.40. The monoisotopic (exact) mass is 354 g/mol. The summed E-state index contributed by atoms with van der Waals surface area (Å²) in [5.41, 5.74) is 2.01. The molecule has 0 aliphatic carbocycles. The molecule has 6 heteroatoms. The van der Waals surface area contributed by atoms with Crippen molar-refractivity contribution >= 4 is 17.6 Å². The van der Waals surface area contributed by atoms with E-state index in [0.29, 0.717) is 18.9 Å². The van der Waals surface area contributed by atoms with Crippen molar-refractivity contribution in [1.82, 2.24) is 10.6 Å². The lowest BCUT2D eigenvalue weighted by Crippen LogP contribution is -2.40. The van der Waals surface area contributed by atoms with Crippen LogP contribution in [0.25, 0.3) is 0 Å². The molecule has 0 aromatic heterocycles. The van der Waals surface area contributed by atoms with E-state index in [2.05, 4.69) is 33.1 Å². The quantitative estimate of drug-likeness (QED) is 0.387. The normalized spacial score (nSPS) is 10.9. The van der Waals surface area contributed by atoms with Crippen LogP contribution in [-0.2, 0) is 11.2 Å². The molecule has 6 nitrogen and oxygen atoms in total. The average Bonchev–Trinajstić information content (AvgIpc) is 2.64. The average molecular weight is 354 g/mol. The number of anilines is 1. The maximum atomic E-state index is 11.1. The first-order valence-corrected chi connectivity index (χ1v) is 8.66. The molecule has 2 aromatic carbocycles. The van der Waals surface area contributed by atoms with Gasteiger partial charge in [0.05, 0.1) is 6.54 Å². The number of ether oxygens (including phenoxy) is 1. The third-order valence-corrected chi connectivity index (χ3v) is 3.59. The number of nitrogens with one attached hydrogen (secondary N) is 3. The number of amides is 1. The molecule has 0 aliphatic heterocycles. The van der Waals surface area contributed by atoms with Crippen molar-refractivity contribution in [3.05, 3.63) is 60.2 Å². The summed E-state index contributed by atoms with van der Waals surface area (Å²) in [5, 5.41) is 9.24. The maximum Gasteiger partial charge on any atom is 0.221 e. The zero-order chi connectivity index (χ0) is 18.6. The van der Waals surface area contributed by atoms with Gasteiger partial charge in [-0.3, -0.25) is 9.79 Å². The van der Waals surface area contributed by atoms with E-state index in [1.165, 1.54) is 12.5 Å². The van der Waals surface area contributed by atoms with Gasteiger partial charge >= 0.3 is 0 Å². The Morgan fingerprint density at radius 3 is 2.54 bits per heavy atom. The van der Waals surface area contributed by atoms with E-state index in [9.17, 15) is 4.79 Å². The number of benzene rings is 2. The fraction of sp³-hybridized carbons (Fsp3) is 0.300. The molecule has 2 aromatic rings. The van der Waals surface area contributed by atoms with Gasteiger partial charge < -0.3 is 20.7 Å². The zero-order valence-corrected chi connectivity index (χ0v) is 15.3. The van der Waals surface area contributed by atoms with Crippen LogP contribution in [0.3, 0.4) is 0 Å². The Morgan fingerprint density at radius 2 is 1.81 bits per heavy atom. The van der Waals surface area contributed by atoms with Crippen molar-refractivity contribution in [3.63, 3.8) is 0 Å². The van der Waals surface area contributed by atoms with Gasteiger partial charge in [-0.15, -0.1) is 0 Å². The molecule has 138 valence electrons. The van der Waals surface area contributed by atoms with Gasteiger partial charge in [-0.05, 0) is 24.1 Å². The van der Waals surface area contributed by atoms with Crippen LogP contribution in [-0.4, -0.2) is 38.6 Å². The van der Waals surface area contributed by atoms with E-state index in [1.807, 2.05) is 36.4 Å². The molecule has 0 spiro atoms. The Kier molecular flexibility index (Phi) is 7.99. The molecule has 1 amide bonds. The number of hydrogen-bond donors (Lipinski definition) is 3. The van der Waals surface area contributed by atoms with Crippen LogP contribution in [0, 0.1) is 0 Å². The number of carbonyl (C=O) groups is 1. The molecule has 0 heterocycles. The highest BCUT2D eigenvalue weighted by Crippen LogP contribution is 2.16.